The molecule has 0 aliphatic carbocycles. The monoisotopic (exact) mass is 659 g/mol. The highest BCUT2D eigenvalue weighted by atomic mass is 79.9. The van der Waals surface area contributed by atoms with E-state index in [9.17, 15) is 19.0 Å². The van der Waals surface area contributed by atoms with Gasteiger partial charge in [-0.05, 0) is 65.3 Å². The van der Waals surface area contributed by atoms with Crippen LogP contribution in [0.25, 0.3) is 32.9 Å². The van der Waals surface area contributed by atoms with Crippen LogP contribution < -0.4 is 14.4 Å². The summed E-state index contributed by atoms with van der Waals surface area (Å²) in [5, 5.41) is 21.2. The number of rotatable bonds is 6. The van der Waals surface area contributed by atoms with Crippen LogP contribution >= 0.6 is 15.9 Å². The highest BCUT2D eigenvalue weighted by Crippen LogP contribution is 2.45. The minimum absolute atomic E-state index is 0.0564. The number of phenols is 1. The van der Waals surface area contributed by atoms with E-state index in [1.165, 1.54) is 24.3 Å². The van der Waals surface area contributed by atoms with Gasteiger partial charge in [0, 0.05) is 37.6 Å². The molecule has 2 fully saturated rings. The van der Waals surface area contributed by atoms with Crippen LogP contribution in [0.1, 0.15) is 25.7 Å². The zero-order valence-corrected chi connectivity index (χ0v) is 24.9. The third kappa shape index (κ3) is 4.63. The van der Waals surface area contributed by atoms with Gasteiger partial charge in [-0.2, -0.15) is 9.97 Å². The standard InChI is InChI=1S/C30H29BrF3N5O4/c1-38-17(5-8-40)13-42-28-22-26(36-29(37-27(22)38)43-14-30-6-2-7-39(30)12-16(32)11-30)24(34)25(35-28)19-10-18(41)9-15-3-4-20(33)23(31)21(15)19/h3-4,9-10,16-17,40-41H,2,5-8,11-14H2,1H3/t16-,17+,30+/m1/s1. The number of ether oxygens (including phenoxy) is 2. The van der Waals surface area contributed by atoms with Crippen LogP contribution in [-0.2, 0) is 0 Å². The van der Waals surface area contributed by atoms with Crippen LogP contribution in [0.5, 0.6) is 17.6 Å². The van der Waals surface area contributed by atoms with Crippen molar-refractivity contribution >= 4 is 43.4 Å². The largest absolute Gasteiger partial charge is 0.508 e. The number of alkyl halides is 1. The number of aromatic hydroxyl groups is 1. The number of anilines is 1. The van der Waals surface area contributed by atoms with Gasteiger partial charge in [0.05, 0.1) is 16.1 Å². The highest BCUT2D eigenvalue weighted by molar-refractivity contribution is 9.10. The lowest BCUT2D eigenvalue weighted by Gasteiger charge is -2.31. The predicted octanol–water partition coefficient (Wildman–Crippen LogP) is 5.13. The molecule has 9 nitrogen and oxygen atoms in total. The molecule has 3 atom stereocenters. The number of halogens is 4. The van der Waals surface area contributed by atoms with Gasteiger partial charge in [0.15, 0.2) is 5.82 Å². The van der Waals surface area contributed by atoms with Gasteiger partial charge in [-0.25, -0.2) is 18.2 Å². The van der Waals surface area contributed by atoms with Crippen LogP contribution in [0.2, 0.25) is 0 Å². The molecular formula is C30H29BrF3N5O4. The molecule has 43 heavy (non-hydrogen) atoms. The molecule has 2 aromatic heterocycles. The van der Waals surface area contributed by atoms with E-state index in [-0.39, 0.29) is 70.1 Å². The van der Waals surface area contributed by atoms with Crippen molar-refractivity contribution in [1.82, 2.24) is 19.9 Å². The molecule has 2 aromatic carbocycles. The number of benzene rings is 2. The van der Waals surface area contributed by atoms with Crippen LogP contribution in [0.4, 0.5) is 19.0 Å². The Morgan fingerprint density at radius 3 is 2.84 bits per heavy atom. The second kappa shape index (κ2) is 10.6. The van der Waals surface area contributed by atoms with Crippen LogP contribution in [0.3, 0.4) is 0 Å². The lowest BCUT2D eigenvalue weighted by Crippen LogP contribution is -2.43. The molecule has 13 heteroatoms. The van der Waals surface area contributed by atoms with Crippen LogP contribution in [-0.4, -0.2) is 87.8 Å². The summed E-state index contributed by atoms with van der Waals surface area (Å²) in [7, 11) is 1.76. The molecular weight excluding hydrogens is 631 g/mol. The van der Waals surface area contributed by atoms with Gasteiger partial charge >= 0.3 is 6.01 Å². The topological polar surface area (TPSA) is 104 Å². The average molecular weight is 660 g/mol. The van der Waals surface area contributed by atoms with Gasteiger partial charge in [-0.1, -0.05) is 6.07 Å². The average Bonchev–Trinajstić information content (AvgIpc) is 3.47. The Morgan fingerprint density at radius 1 is 1.19 bits per heavy atom. The van der Waals surface area contributed by atoms with Crippen molar-refractivity contribution in [1.29, 1.82) is 0 Å². The quantitative estimate of drug-likeness (QED) is 0.292. The number of hydrogen-bond donors (Lipinski definition) is 2. The molecule has 0 unspecified atom stereocenters. The van der Waals surface area contributed by atoms with Crippen molar-refractivity contribution in [3.63, 3.8) is 0 Å². The van der Waals surface area contributed by atoms with Gasteiger partial charge in [-0.3, -0.25) is 4.90 Å². The summed E-state index contributed by atoms with van der Waals surface area (Å²) >= 11 is 3.28. The van der Waals surface area contributed by atoms with E-state index < -0.39 is 23.3 Å². The van der Waals surface area contributed by atoms with Crippen LogP contribution in [0.15, 0.2) is 28.7 Å². The third-order valence-corrected chi connectivity index (χ3v) is 9.72. The van der Waals surface area contributed by atoms with Gasteiger partial charge in [0.1, 0.15) is 53.4 Å². The fourth-order valence-corrected chi connectivity index (χ4v) is 7.38. The van der Waals surface area contributed by atoms with E-state index in [1.807, 2.05) is 0 Å². The minimum Gasteiger partial charge on any atom is -0.508 e. The van der Waals surface area contributed by atoms with E-state index in [0.717, 1.165) is 19.4 Å². The van der Waals surface area contributed by atoms with E-state index in [2.05, 4.69) is 35.8 Å². The summed E-state index contributed by atoms with van der Waals surface area (Å²) in [5.41, 5.74) is -0.668. The van der Waals surface area contributed by atoms with Crippen molar-refractivity contribution in [2.24, 2.45) is 0 Å². The number of aromatic nitrogens is 3. The maximum Gasteiger partial charge on any atom is 0.319 e. The summed E-state index contributed by atoms with van der Waals surface area (Å²) in [6.07, 6.45) is 1.47. The van der Waals surface area contributed by atoms with Crippen molar-refractivity contribution in [2.75, 3.05) is 44.9 Å². The number of aliphatic hydroxyl groups is 1. The van der Waals surface area contributed by atoms with Crippen molar-refractivity contribution < 1.29 is 32.9 Å². The number of aliphatic hydroxyl groups excluding tert-OH is 1. The van der Waals surface area contributed by atoms with Crippen LogP contribution in [0, 0.1) is 11.6 Å². The molecule has 0 radical (unpaired) electrons. The molecule has 4 aromatic rings. The fourth-order valence-electron chi connectivity index (χ4n) is 6.81. The fraction of sp³-hybridized carbons (Fsp3) is 0.433. The predicted molar refractivity (Wildman–Crippen MR) is 157 cm³/mol. The van der Waals surface area contributed by atoms with Gasteiger partial charge < -0.3 is 24.6 Å². The number of fused-ring (bicyclic) bond motifs is 2. The minimum atomic E-state index is -0.941. The Bertz CT molecular complexity index is 1760. The van der Waals surface area contributed by atoms with Crippen molar-refractivity contribution in [3.8, 4) is 28.9 Å². The number of hydrogen-bond acceptors (Lipinski definition) is 9. The molecule has 0 bridgehead atoms. The first-order valence-electron chi connectivity index (χ1n) is 14.2. The lowest BCUT2D eigenvalue weighted by molar-refractivity contribution is 0.107. The summed E-state index contributed by atoms with van der Waals surface area (Å²) in [6, 6.07) is 5.09. The molecule has 0 amide bonds. The van der Waals surface area contributed by atoms with E-state index in [4.69, 9.17) is 9.47 Å². The first-order chi connectivity index (χ1) is 20.7. The summed E-state index contributed by atoms with van der Waals surface area (Å²) in [5.74, 6) is -1.19. The van der Waals surface area contributed by atoms with Gasteiger partial charge in [-0.15, -0.1) is 0 Å². The smallest absolute Gasteiger partial charge is 0.319 e. The molecule has 0 saturated carbocycles. The molecule has 5 heterocycles. The van der Waals surface area contributed by atoms with Crippen molar-refractivity contribution in [2.45, 2.75) is 43.4 Å². The summed E-state index contributed by atoms with van der Waals surface area (Å²) in [4.78, 5) is 17.5. The molecule has 7 rings (SSSR count). The SMILES string of the molecule is CN1c2nc(OC[C@@]34CCCN3C[C@H](F)C4)nc3c(F)c(-c4cc(O)cc5ccc(F)c(Br)c45)nc(c23)OC[C@@H]1CCO. The highest BCUT2D eigenvalue weighted by Gasteiger charge is 2.49. The Kier molecular flexibility index (Phi) is 7.01. The second-order valence-electron chi connectivity index (χ2n) is 11.5. The van der Waals surface area contributed by atoms with E-state index in [0.29, 0.717) is 36.0 Å². The van der Waals surface area contributed by atoms with Gasteiger partial charge in [0.2, 0.25) is 5.88 Å². The maximum absolute atomic E-state index is 16.7. The molecule has 3 aliphatic heterocycles. The zero-order chi connectivity index (χ0) is 30.0. The Labute approximate surface area is 253 Å². The Morgan fingerprint density at radius 2 is 2.02 bits per heavy atom. The van der Waals surface area contributed by atoms with E-state index in [1.54, 1.807) is 11.9 Å². The number of phenolic OH excluding ortho intramolecular Hbond substituents is 1. The third-order valence-electron chi connectivity index (χ3n) is 8.95. The second-order valence-corrected chi connectivity index (χ2v) is 12.3. The number of likely N-dealkylation sites (N-methyl/N-ethyl adjacent to an activating group) is 1. The number of pyridine rings is 1. The Hall–Kier alpha value is -3.42. The number of nitrogens with zero attached hydrogens (tertiary/aromatic N) is 5. The molecule has 0 spiro atoms. The Balaban J connectivity index is 1.42. The first-order valence-corrected chi connectivity index (χ1v) is 15.0. The lowest BCUT2D eigenvalue weighted by atomic mass is 9.95. The van der Waals surface area contributed by atoms with E-state index >= 15 is 4.39 Å². The molecule has 2 N–H and O–H groups in total. The molecule has 226 valence electrons. The normalized spacial score (nSPS) is 23.5. The summed E-state index contributed by atoms with van der Waals surface area (Å²) in [6.45, 7) is 1.30. The van der Waals surface area contributed by atoms with Gasteiger partial charge in [0.25, 0.3) is 0 Å². The van der Waals surface area contributed by atoms with Crippen molar-refractivity contribution in [3.05, 3.63) is 40.4 Å². The summed E-state index contributed by atoms with van der Waals surface area (Å²) < 4.78 is 58.0. The molecule has 2 saturated heterocycles. The zero-order valence-electron chi connectivity index (χ0n) is 23.3. The maximum atomic E-state index is 16.7. The molecule has 3 aliphatic rings. The first kappa shape index (κ1) is 28.4.